The molecule has 2 heteroatoms. The average Bonchev–Trinajstić information content (AvgIpc) is 2.34. The van der Waals surface area contributed by atoms with E-state index in [9.17, 15) is 0 Å². The van der Waals surface area contributed by atoms with Crippen LogP contribution in [-0.4, -0.2) is 12.2 Å². The highest BCUT2D eigenvalue weighted by molar-refractivity contribution is 6.02. The third kappa shape index (κ3) is 1.17. The molecule has 0 aliphatic heterocycles. The highest BCUT2D eigenvalue weighted by Crippen LogP contribution is 2.48. The van der Waals surface area contributed by atoms with Gasteiger partial charge in [0, 0.05) is 0 Å². The number of benzene rings is 2. The molecule has 16 heavy (non-hydrogen) atoms. The summed E-state index contributed by atoms with van der Waals surface area (Å²) in [6.45, 7) is 0.0899. The molecule has 1 N–H and O–H groups in total. The minimum atomic E-state index is 0.0899. The first-order valence-electron chi connectivity index (χ1n) is 5.26. The molecule has 2 aromatic carbocycles. The molecule has 0 fully saturated rings. The van der Waals surface area contributed by atoms with Crippen molar-refractivity contribution < 1.29 is 9.84 Å². The first kappa shape index (κ1) is 9.43. The van der Waals surface area contributed by atoms with Crippen LogP contribution in [0, 0.1) is 0 Å². The molecule has 0 radical (unpaired) electrons. The summed E-state index contributed by atoms with van der Waals surface area (Å²) in [7, 11) is 1.67. The van der Waals surface area contributed by atoms with Gasteiger partial charge in [0.15, 0.2) is 0 Å². The van der Waals surface area contributed by atoms with E-state index in [0.29, 0.717) is 0 Å². The Hall–Kier alpha value is -1.80. The summed E-state index contributed by atoms with van der Waals surface area (Å²) in [5.74, 6) is 0.874. The predicted molar refractivity (Wildman–Crippen MR) is 63.3 cm³/mol. The Balaban J connectivity index is 2.12. The highest BCUT2D eigenvalue weighted by Gasteiger charge is 2.22. The van der Waals surface area contributed by atoms with Crippen molar-refractivity contribution in [3.63, 3.8) is 0 Å². The Morgan fingerprint density at radius 3 is 2.31 bits per heavy atom. The van der Waals surface area contributed by atoms with Gasteiger partial charge in [0.2, 0.25) is 0 Å². The van der Waals surface area contributed by atoms with Gasteiger partial charge in [-0.05, 0) is 46.0 Å². The second kappa shape index (κ2) is 3.35. The lowest BCUT2D eigenvalue weighted by Gasteiger charge is -2.24. The zero-order valence-corrected chi connectivity index (χ0v) is 9.03. The Kier molecular flexibility index (Phi) is 1.98. The third-order valence-electron chi connectivity index (χ3n) is 3.07. The monoisotopic (exact) mass is 212 g/mol. The highest BCUT2D eigenvalue weighted by atomic mass is 16.5. The molecular formula is C14H12O2. The number of aliphatic hydroxyl groups excluding tert-OH is 1. The molecule has 0 saturated carbocycles. The first-order valence-corrected chi connectivity index (χ1v) is 5.26. The SMILES string of the molecule is COc1ccc2c(c1)-c1cc(CO)ccc1-2. The van der Waals surface area contributed by atoms with E-state index in [-0.39, 0.29) is 6.61 Å². The van der Waals surface area contributed by atoms with Gasteiger partial charge in [0.05, 0.1) is 13.7 Å². The summed E-state index contributed by atoms with van der Waals surface area (Å²) in [6, 6.07) is 12.2. The van der Waals surface area contributed by atoms with E-state index in [1.165, 1.54) is 22.3 Å². The molecule has 0 atom stereocenters. The van der Waals surface area contributed by atoms with Crippen LogP contribution < -0.4 is 4.74 Å². The fourth-order valence-electron chi connectivity index (χ4n) is 2.19. The number of hydrogen-bond donors (Lipinski definition) is 1. The fraction of sp³-hybridized carbons (Fsp3) is 0.143. The van der Waals surface area contributed by atoms with E-state index < -0.39 is 0 Å². The number of aliphatic hydroxyl groups is 1. The molecule has 0 bridgehead atoms. The van der Waals surface area contributed by atoms with Crippen LogP contribution in [-0.2, 0) is 6.61 Å². The van der Waals surface area contributed by atoms with E-state index in [1.54, 1.807) is 7.11 Å². The predicted octanol–water partition coefficient (Wildman–Crippen LogP) is 2.83. The molecule has 0 heterocycles. The first-order chi connectivity index (χ1) is 7.83. The van der Waals surface area contributed by atoms with Crippen LogP contribution in [0.15, 0.2) is 36.4 Å². The summed E-state index contributed by atoms with van der Waals surface area (Å²) in [5, 5.41) is 9.10. The maximum absolute atomic E-state index is 9.10. The van der Waals surface area contributed by atoms with Crippen molar-refractivity contribution in [1.82, 2.24) is 0 Å². The number of fused-ring (bicyclic) bond motifs is 4. The number of ether oxygens (including phenoxy) is 1. The molecule has 0 saturated heterocycles. The van der Waals surface area contributed by atoms with E-state index in [2.05, 4.69) is 12.1 Å². The standard InChI is InChI=1S/C14H12O2/c1-16-10-3-5-12-11-4-2-9(8-15)6-13(11)14(12)7-10/h2-7,15H,8H2,1H3. The van der Waals surface area contributed by atoms with Crippen LogP contribution >= 0.6 is 0 Å². The summed E-state index contributed by atoms with van der Waals surface area (Å²) in [4.78, 5) is 0. The zero-order valence-electron chi connectivity index (χ0n) is 9.03. The Morgan fingerprint density at radius 2 is 1.62 bits per heavy atom. The quantitative estimate of drug-likeness (QED) is 0.707. The van der Waals surface area contributed by atoms with Crippen molar-refractivity contribution >= 4 is 0 Å². The van der Waals surface area contributed by atoms with Gasteiger partial charge in [0.1, 0.15) is 5.75 Å². The van der Waals surface area contributed by atoms with Crippen molar-refractivity contribution in [1.29, 1.82) is 0 Å². The van der Waals surface area contributed by atoms with Crippen LogP contribution in [0.3, 0.4) is 0 Å². The smallest absolute Gasteiger partial charge is 0.119 e. The van der Waals surface area contributed by atoms with Crippen molar-refractivity contribution in [2.45, 2.75) is 6.61 Å². The molecule has 80 valence electrons. The lowest BCUT2D eigenvalue weighted by Crippen LogP contribution is -2.00. The topological polar surface area (TPSA) is 29.5 Å². The third-order valence-corrected chi connectivity index (χ3v) is 3.07. The average molecular weight is 212 g/mol. The Bertz CT molecular complexity index is 507. The fourth-order valence-corrected chi connectivity index (χ4v) is 2.19. The van der Waals surface area contributed by atoms with E-state index in [1.807, 2.05) is 24.3 Å². The van der Waals surface area contributed by atoms with Crippen LogP contribution in [0.4, 0.5) is 0 Å². The van der Waals surface area contributed by atoms with Crippen molar-refractivity contribution in [3.05, 3.63) is 42.0 Å². The lowest BCUT2D eigenvalue weighted by atomic mass is 9.80. The number of rotatable bonds is 2. The number of methoxy groups -OCH3 is 1. The van der Waals surface area contributed by atoms with Crippen LogP contribution in [0.2, 0.25) is 0 Å². The largest absolute Gasteiger partial charge is 0.497 e. The van der Waals surface area contributed by atoms with Crippen molar-refractivity contribution in [3.8, 4) is 28.0 Å². The van der Waals surface area contributed by atoms with E-state index in [0.717, 1.165) is 11.3 Å². The van der Waals surface area contributed by atoms with Crippen molar-refractivity contribution in [2.24, 2.45) is 0 Å². The van der Waals surface area contributed by atoms with E-state index >= 15 is 0 Å². The van der Waals surface area contributed by atoms with Crippen LogP contribution in [0.1, 0.15) is 5.56 Å². The zero-order chi connectivity index (χ0) is 11.1. The van der Waals surface area contributed by atoms with Gasteiger partial charge < -0.3 is 9.84 Å². The maximum atomic E-state index is 9.10. The second-order valence-corrected chi connectivity index (χ2v) is 3.95. The normalized spacial score (nSPS) is 11.4. The Morgan fingerprint density at radius 1 is 0.938 bits per heavy atom. The molecule has 1 aliphatic carbocycles. The Labute approximate surface area is 94.1 Å². The van der Waals surface area contributed by atoms with Gasteiger partial charge in [0.25, 0.3) is 0 Å². The van der Waals surface area contributed by atoms with E-state index in [4.69, 9.17) is 9.84 Å². The summed E-state index contributed by atoms with van der Waals surface area (Å²) < 4.78 is 5.21. The van der Waals surface area contributed by atoms with Crippen LogP contribution in [0.25, 0.3) is 22.3 Å². The molecule has 3 rings (SSSR count). The molecule has 0 amide bonds. The van der Waals surface area contributed by atoms with Gasteiger partial charge in [-0.3, -0.25) is 0 Å². The lowest BCUT2D eigenvalue weighted by molar-refractivity contribution is 0.282. The minimum Gasteiger partial charge on any atom is -0.497 e. The molecule has 1 aliphatic rings. The van der Waals surface area contributed by atoms with Crippen LogP contribution in [0.5, 0.6) is 5.75 Å². The molecule has 0 aromatic heterocycles. The minimum absolute atomic E-state index is 0.0899. The van der Waals surface area contributed by atoms with Gasteiger partial charge in [-0.2, -0.15) is 0 Å². The summed E-state index contributed by atoms with van der Waals surface area (Å²) in [5.41, 5.74) is 5.90. The molecule has 0 spiro atoms. The molecule has 2 aromatic rings. The van der Waals surface area contributed by atoms with Gasteiger partial charge >= 0.3 is 0 Å². The maximum Gasteiger partial charge on any atom is 0.119 e. The van der Waals surface area contributed by atoms with Gasteiger partial charge in [-0.25, -0.2) is 0 Å². The van der Waals surface area contributed by atoms with Gasteiger partial charge in [-0.1, -0.05) is 18.2 Å². The van der Waals surface area contributed by atoms with Gasteiger partial charge in [-0.15, -0.1) is 0 Å². The summed E-state index contributed by atoms with van der Waals surface area (Å²) in [6.07, 6.45) is 0. The summed E-state index contributed by atoms with van der Waals surface area (Å²) >= 11 is 0. The van der Waals surface area contributed by atoms with Crippen molar-refractivity contribution in [2.75, 3.05) is 7.11 Å². The molecule has 2 nitrogen and oxygen atoms in total. The molecular weight excluding hydrogens is 200 g/mol. The second-order valence-electron chi connectivity index (χ2n) is 3.95. The number of hydrogen-bond acceptors (Lipinski definition) is 2. The molecule has 0 unspecified atom stereocenters.